The summed E-state index contributed by atoms with van der Waals surface area (Å²) in [4.78, 5) is 28.9. The number of esters is 1. The summed E-state index contributed by atoms with van der Waals surface area (Å²) in [6.45, 7) is 4.45. The summed E-state index contributed by atoms with van der Waals surface area (Å²) in [5.41, 5.74) is 1.91. The van der Waals surface area contributed by atoms with Gasteiger partial charge in [-0.2, -0.15) is 10.1 Å². The lowest BCUT2D eigenvalue weighted by Crippen LogP contribution is -2.22. The molecule has 136 valence electrons. The zero-order chi connectivity index (χ0) is 18.8. The Morgan fingerprint density at radius 1 is 1.35 bits per heavy atom. The van der Waals surface area contributed by atoms with Gasteiger partial charge in [-0.3, -0.25) is 14.3 Å². The normalized spacial score (nSPS) is 11.9. The highest BCUT2D eigenvalue weighted by Gasteiger charge is 2.15. The van der Waals surface area contributed by atoms with Crippen molar-refractivity contribution in [2.45, 2.75) is 26.9 Å². The average Bonchev–Trinajstić information content (AvgIpc) is 3.15. The van der Waals surface area contributed by atoms with Crippen LogP contribution in [0.3, 0.4) is 0 Å². The molecular weight excluding hydrogens is 376 g/mol. The maximum atomic E-state index is 12.6. The van der Waals surface area contributed by atoms with Crippen molar-refractivity contribution in [3.05, 3.63) is 45.5 Å². The number of carbonyl (C=O) groups is 2. The molecule has 2 aromatic heterocycles. The van der Waals surface area contributed by atoms with Gasteiger partial charge in [0, 0.05) is 17.3 Å². The van der Waals surface area contributed by atoms with E-state index in [2.05, 4.69) is 10.1 Å². The largest absolute Gasteiger partial charge is 0.468 e. The predicted octanol–water partition coefficient (Wildman–Crippen LogP) is 2.80. The Balaban J connectivity index is 2.12. The number of benzene rings is 1. The van der Waals surface area contributed by atoms with Gasteiger partial charge in [0.2, 0.25) is 0 Å². The van der Waals surface area contributed by atoms with Crippen LogP contribution in [0.15, 0.2) is 29.3 Å². The molecule has 0 aliphatic heterocycles. The lowest BCUT2D eigenvalue weighted by atomic mass is 10.3. The number of hydrogen-bond donors (Lipinski definition) is 0. The molecule has 7 nitrogen and oxygen atoms in total. The van der Waals surface area contributed by atoms with Gasteiger partial charge >= 0.3 is 5.97 Å². The minimum absolute atomic E-state index is 0.0489. The fourth-order valence-corrected chi connectivity index (χ4v) is 3.86. The van der Waals surface area contributed by atoms with Crippen molar-refractivity contribution in [1.29, 1.82) is 0 Å². The van der Waals surface area contributed by atoms with Crippen LogP contribution in [0.25, 0.3) is 10.2 Å². The molecule has 9 heteroatoms. The van der Waals surface area contributed by atoms with Gasteiger partial charge in [-0.05, 0) is 38.1 Å². The van der Waals surface area contributed by atoms with Crippen molar-refractivity contribution in [2.75, 3.05) is 7.11 Å². The van der Waals surface area contributed by atoms with Gasteiger partial charge in [0.15, 0.2) is 10.5 Å². The fourth-order valence-electron chi connectivity index (χ4n) is 2.56. The van der Waals surface area contributed by atoms with E-state index in [1.165, 1.54) is 18.4 Å². The molecule has 1 amide bonds. The number of hydrogen-bond acceptors (Lipinski definition) is 5. The van der Waals surface area contributed by atoms with Crippen molar-refractivity contribution < 1.29 is 14.3 Å². The van der Waals surface area contributed by atoms with E-state index in [4.69, 9.17) is 16.3 Å². The summed E-state index contributed by atoms with van der Waals surface area (Å²) in [6.07, 6.45) is 0. The van der Waals surface area contributed by atoms with Crippen LogP contribution >= 0.6 is 22.9 Å². The third kappa shape index (κ3) is 3.56. The lowest BCUT2D eigenvalue weighted by Gasteiger charge is -2.03. The minimum Gasteiger partial charge on any atom is -0.468 e. The summed E-state index contributed by atoms with van der Waals surface area (Å²) in [5.74, 6) is -0.892. The van der Waals surface area contributed by atoms with Crippen molar-refractivity contribution >= 4 is 45.0 Å². The van der Waals surface area contributed by atoms with Crippen LogP contribution in [-0.4, -0.2) is 33.3 Å². The molecule has 0 spiro atoms. The molecule has 0 unspecified atom stereocenters. The molecule has 26 heavy (non-hydrogen) atoms. The van der Waals surface area contributed by atoms with Gasteiger partial charge in [-0.1, -0.05) is 22.9 Å². The van der Waals surface area contributed by atoms with E-state index >= 15 is 0 Å². The number of methoxy groups -OCH3 is 1. The summed E-state index contributed by atoms with van der Waals surface area (Å²) in [7, 11) is 1.32. The number of thiazole rings is 1. The molecule has 0 N–H and O–H groups in total. The maximum absolute atomic E-state index is 12.6. The Hall–Kier alpha value is -2.45. The topological polar surface area (TPSA) is 78.5 Å². The second-order valence-corrected chi connectivity index (χ2v) is 7.01. The number of carbonyl (C=O) groups excluding carboxylic acids is 2. The van der Waals surface area contributed by atoms with E-state index < -0.39 is 11.9 Å². The Morgan fingerprint density at radius 2 is 2.12 bits per heavy atom. The van der Waals surface area contributed by atoms with E-state index in [9.17, 15) is 9.59 Å². The molecule has 3 aromatic rings. The van der Waals surface area contributed by atoms with Crippen LogP contribution in [0.4, 0.5) is 0 Å². The molecule has 0 atom stereocenters. The molecule has 0 saturated carbocycles. The highest BCUT2D eigenvalue weighted by molar-refractivity contribution is 7.16. The first-order valence-corrected chi connectivity index (χ1v) is 9.11. The molecule has 0 radical (unpaired) electrons. The summed E-state index contributed by atoms with van der Waals surface area (Å²) < 4.78 is 8.95. The quantitative estimate of drug-likeness (QED) is 0.639. The first-order valence-electron chi connectivity index (χ1n) is 7.92. The third-order valence-electron chi connectivity index (χ3n) is 3.86. The van der Waals surface area contributed by atoms with E-state index in [-0.39, 0.29) is 12.2 Å². The van der Waals surface area contributed by atoms with E-state index in [0.29, 0.717) is 16.4 Å². The highest BCUT2D eigenvalue weighted by atomic mass is 35.5. The maximum Gasteiger partial charge on any atom is 0.325 e. The number of halogens is 1. The molecule has 0 aliphatic rings. The zero-order valence-corrected chi connectivity index (χ0v) is 16.1. The first-order chi connectivity index (χ1) is 12.4. The summed E-state index contributed by atoms with van der Waals surface area (Å²) >= 11 is 7.33. The van der Waals surface area contributed by atoms with Gasteiger partial charge < -0.3 is 9.30 Å². The Kier molecular flexibility index (Phi) is 5.24. The van der Waals surface area contributed by atoms with Gasteiger partial charge in [0.05, 0.1) is 17.3 Å². The van der Waals surface area contributed by atoms with Crippen LogP contribution in [0.5, 0.6) is 0 Å². The number of amides is 1. The first kappa shape index (κ1) is 18.3. The molecular formula is C17H17ClN4O3S. The summed E-state index contributed by atoms with van der Waals surface area (Å²) in [6, 6.07) is 6.98. The van der Waals surface area contributed by atoms with Crippen molar-refractivity contribution in [3.8, 4) is 0 Å². The van der Waals surface area contributed by atoms with E-state index in [1.54, 1.807) is 33.5 Å². The van der Waals surface area contributed by atoms with Gasteiger partial charge in [0.1, 0.15) is 6.54 Å². The third-order valence-corrected chi connectivity index (χ3v) is 5.13. The van der Waals surface area contributed by atoms with E-state index in [0.717, 1.165) is 15.9 Å². The Morgan fingerprint density at radius 3 is 2.77 bits per heavy atom. The van der Waals surface area contributed by atoms with Gasteiger partial charge in [0.25, 0.3) is 5.91 Å². The fraction of sp³-hybridized carbons (Fsp3) is 0.294. The van der Waals surface area contributed by atoms with Crippen LogP contribution in [0.1, 0.15) is 23.1 Å². The van der Waals surface area contributed by atoms with Crippen LogP contribution < -0.4 is 4.80 Å². The standard InChI is InChI=1S/C17H17ClN4O3S/c1-4-22-10(2)7-12(20-22)16(24)19-17-21(9-15(23)25-3)13-6-5-11(18)8-14(13)26-17/h5-8H,4,9H2,1-3H3. The number of fused-ring (bicyclic) bond motifs is 1. The summed E-state index contributed by atoms with van der Waals surface area (Å²) in [5, 5.41) is 4.82. The molecule has 0 fully saturated rings. The smallest absolute Gasteiger partial charge is 0.325 e. The van der Waals surface area contributed by atoms with Crippen LogP contribution in [0, 0.1) is 6.92 Å². The molecule has 3 rings (SSSR count). The molecule has 0 bridgehead atoms. The molecule has 0 saturated heterocycles. The lowest BCUT2D eigenvalue weighted by molar-refractivity contribution is -0.141. The SMILES string of the molecule is CCn1nc(C(=O)N=c2sc3cc(Cl)ccc3n2CC(=O)OC)cc1C. The second kappa shape index (κ2) is 7.43. The van der Waals surface area contributed by atoms with Gasteiger partial charge in [-0.15, -0.1) is 0 Å². The highest BCUT2D eigenvalue weighted by Crippen LogP contribution is 2.22. The Bertz CT molecular complexity index is 1060. The molecule has 1 aromatic carbocycles. The second-order valence-electron chi connectivity index (χ2n) is 5.56. The van der Waals surface area contributed by atoms with Crippen LogP contribution in [0.2, 0.25) is 5.02 Å². The van der Waals surface area contributed by atoms with Crippen molar-refractivity contribution in [3.63, 3.8) is 0 Å². The zero-order valence-electron chi connectivity index (χ0n) is 14.5. The number of rotatable bonds is 4. The monoisotopic (exact) mass is 392 g/mol. The average molecular weight is 393 g/mol. The number of aromatic nitrogens is 3. The predicted molar refractivity (Wildman–Crippen MR) is 99.4 cm³/mol. The van der Waals surface area contributed by atoms with Crippen molar-refractivity contribution in [1.82, 2.24) is 14.3 Å². The number of nitrogens with zero attached hydrogens (tertiary/aromatic N) is 4. The van der Waals surface area contributed by atoms with E-state index in [1.807, 2.05) is 13.8 Å². The Labute approximate surface area is 158 Å². The molecule has 0 aliphatic carbocycles. The number of aryl methyl sites for hydroxylation is 2. The number of ether oxygens (including phenoxy) is 1. The van der Waals surface area contributed by atoms with Crippen molar-refractivity contribution in [2.24, 2.45) is 4.99 Å². The van der Waals surface area contributed by atoms with Gasteiger partial charge in [-0.25, -0.2) is 0 Å². The minimum atomic E-state index is -0.462. The molecule has 2 heterocycles. The van der Waals surface area contributed by atoms with Crippen LogP contribution in [-0.2, 0) is 22.6 Å².